The van der Waals surface area contributed by atoms with E-state index < -0.39 is 0 Å². The minimum Gasteiger partial charge on any atom is -0.369 e. The Kier molecular flexibility index (Phi) is 5.14. The Morgan fingerprint density at radius 3 is 2.82 bits per heavy atom. The van der Waals surface area contributed by atoms with Crippen LogP contribution < -0.4 is 15.5 Å². The van der Waals surface area contributed by atoms with Gasteiger partial charge in [0.05, 0.1) is 6.54 Å². The van der Waals surface area contributed by atoms with Crippen LogP contribution >= 0.6 is 15.9 Å². The van der Waals surface area contributed by atoms with Gasteiger partial charge in [-0.05, 0) is 22.9 Å². The Balaban J connectivity index is 2.89. The van der Waals surface area contributed by atoms with Gasteiger partial charge in [0, 0.05) is 20.6 Å². The maximum atomic E-state index is 11.3. The van der Waals surface area contributed by atoms with E-state index in [1.54, 1.807) is 19.0 Å². The number of anilines is 2. The second-order valence-corrected chi connectivity index (χ2v) is 4.21. The van der Waals surface area contributed by atoms with Crippen LogP contribution in [0.5, 0.6) is 0 Å². The highest BCUT2D eigenvalue weighted by Gasteiger charge is 2.13. The van der Waals surface area contributed by atoms with Crippen LogP contribution in [0.2, 0.25) is 0 Å². The predicted octanol–water partition coefficient (Wildman–Crippen LogP) is 0.853. The molecule has 1 aromatic heterocycles. The number of hydrogen-bond donors (Lipinski definition) is 2. The molecule has 0 saturated heterocycles. The number of carbonyl (C=O) groups is 1. The SMILES string of the molecule is CCNc1ncnc(N(C)CC(=O)NC)c1Br. The number of nitrogens with one attached hydrogen (secondary N) is 2. The fourth-order valence-electron chi connectivity index (χ4n) is 1.29. The van der Waals surface area contributed by atoms with Crippen molar-refractivity contribution in [3.8, 4) is 0 Å². The molecule has 1 heterocycles. The van der Waals surface area contributed by atoms with E-state index in [2.05, 4.69) is 36.5 Å². The monoisotopic (exact) mass is 301 g/mol. The maximum absolute atomic E-state index is 11.3. The molecule has 0 aliphatic carbocycles. The zero-order chi connectivity index (χ0) is 12.8. The molecule has 0 bridgehead atoms. The summed E-state index contributed by atoms with van der Waals surface area (Å²) in [6.45, 7) is 3.01. The number of rotatable bonds is 5. The molecular formula is C10H16BrN5O. The molecule has 0 aliphatic heterocycles. The van der Waals surface area contributed by atoms with Gasteiger partial charge in [0.2, 0.25) is 5.91 Å². The summed E-state index contributed by atoms with van der Waals surface area (Å²) < 4.78 is 0.758. The largest absolute Gasteiger partial charge is 0.369 e. The molecule has 94 valence electrons. The quantitative estimate of drug-likeness (QED) is 0.844. The van der Waals surface area contributed by atoms with E-state index >= 15 is 0 Å². The molecule has 6 nitrogen and oxygen atoms in total. The molecule has 0 aromatic carbocycles. The normalized spacial score (nSPS) is 9.88. The number of aromatic nitrogens is 2. The lowest BCUT2D eigenvalue weighted by Crippen LogP contribution is -2.33. The van der Waals surface area contributed by atoms with E-state index in [0.717, 1.165) is 16.8 Å². The number of carbonyl (C=O) groups excluding carboxylic acids is 1. The molecule has 0 spiro atoms. The average molecular weight is 302 g/mol. The fraction of sp³-hybridized carbons (Fsp3) is 0.500. The first-order valence-corrected chi connectivity index (χ1v) is 6.05. The lowest BCUT2D eigenvalue weighted by Gasteiger charge is -2.19. The Labute approximate surface area is 109 Å². The van der Waals surface area contributed by atoms with Crippen molar-refractivity contribution in [2.45, 2.75) is 6.92 Å². The second-order valence-electron chi connectivity index (χ2n) is 3.42. The first kappa shape index (κ1) is 13.7. The van der Waals surface area contributed by atoms with E-state index in [0.29, 0.717) is 5.82 Å². The molecule has 2 N–H and O–H groups in total. The Morgan fingerprint density at radius 1 is 1.53 bits per heavy atom. The van der Waals surface area contributed by atoms with Crippen molar-refractivity contribution in [2.24, 2.45) is 0 Å². The van der Waals surface area contributed by atoms with Crippen LogP contribution in [0.4, 0.5) is 11.6 Å². The summed E-state index contributed by atoms with van der Waals surface area (Å²) in [4.78, 5) is 21.3. The van der Waals surface area contributed by atoms with E-state index in [-0.39, 0.29) is 12.5 Å². The van der Waals surface area contributed by atoms with Gasteiger partial charge < -0.3 is 15.5 Å². The van der Waals surface area contributed by atoms with Gasteiger partial charge in [0.15, 0.2) is 0 Å². The zero-order valence-electron chi connectivity index (χ0n) is 10.1. The summed E-state index contributed by atoms with van der Waals surface area (Å²) in [5.74, 6) is 1.34. The molecule has 0 atom stereocenters. The summed E-state index contributed by atoms with van der Waals surface area (Å²) in [6.07, 6.45) is 1.47. The summed E-state index contributed by atoms with van der Waals surface area (Å²) >= 11 is 3.43. The minimum absolute atomic E-state index is 0.0667. The first-order chi connectivity index (χ1) is 8.10. The van der Waals surface area contributed by atoms with E-state index in [4.69, 9.17) is 0 Å². The average Bonchev–Trinajstić information content (AvgIpc) is 2.31. The third kappa shape index (κ3) is 3.55. The number of hydrogen-bond acceptors (Lipinski definition) is 5. The lowest BCUT2D eigenvalue weighted by molar-refractivity contribution is -0.119. The van der Waals surface area contributed by atoms with Crippen molar-refractivity contribution in [1.82, 2.24) is 15.3 Å². The van der Waals surface area contributed by atoms with Gasteiger partial charge in [-0.1, -0.05) is 0 Å². The van der Waals surface area contributed by atoms with Crippen molar-refractivity contribution in [3.63, 3.8) is 0 Å². The highest BCUT2D eigenvalue weighted by molar-refractivity contribution is 9.10. The predicted molar refractivity (Wildman–Crippen MR) is 71.2 cm³/mol. The fourth-order valence-corrected chi connectivity index (χ4v) is 1.93. The van der Waals surface area contributed by atoms with Crippen molar-refractivity contribution in [2.75, 3.05) is 37.4 Å². The van der Waals surface area contributed by atoms with Crippen LogP contribution in [-0.2, 0) is 4.79 Å². The highest BCUT2D eigenvalue weighted by Crippen LogP contribution is 2.28. The first-order valence-electron chi connectivity index (χ1n) is 5.26. The van der Waals surface area contributed by atoms with Gasteiger partial charge in [0.25, 0.3) is 0 Å². The third-order valence-electron chi connectivity index (χ3n) is 2.14. The number of likely N-dealkylation sites (N-methyl/N-ethyl adjacent to an activating group) is 2. The molecule has 0 aliphatic rings. The molecule has 1 rings (SSSR count). The molecule has 7 heteroatoms. The molecule has 0 unspecified atom stereocenters. The lowest BCUT2D eigenvalue weighted by atomic mass is 10.4. The van der Waals surface area contributed by atoms with E-state index in [1.165, 1.54) is 6.33 Å². The van der Waals surface area contributed by atoms with Crippen molar-refractivity contribution < 1.29 is 4.79 Å². The summed E-state index contributed by atoms with van der Waals surface area (Å²) in [5.41, 5.74) is 0. The van der Waals surface area contributed by atoms with Gasteiger partial charge in [-0.15, -0.1) is 0 Å². The van der Waals surface area contributed by atoms with Gasteiger partial charge in [-0.2, -0.15) is 0 Å². The number of nitrogens with zero attached hydrogens (tertiary/aromatic N) is 3. The zero-order valence-corrected chi connectivity index (χ0v) is 11.7. The summed E-state index contributed by atoms with van der Waals surface area (Å²) in [6, 6.07) is 0. The van der Waals surface area contributed by atoms with Crippen LogP contribution in [0, 0.1) is 0 Å². The second kappa shape index (κ2) is 6.39. The van der Waals surface area contributed by atoms with Crippen molar-refractivity contribution in [3.05, 3.63) is 10.8 Å². The smallest absolute Gasteiger partial charge is 0.239 e. The van der Waals surface area contributed by atoms with Crippen LogP contribution in [0.3, 0.4) is 0 Å². The minimum atomic E-state index is -0.0667. The molecule has 0 fully saturated rings. The number of halogens is 1. The molecule has 0 saturated carbocycles. The standard InChI is InChI=1S/C10H16BrN5O/c1-4-13-9-8(11)10(15-6-14-9)16(3)5-7(17)12-2/h6H,4-5H2,1-3H3,(H,12,17)(H,13,14,15). The molecule has 1 amide bonds. The third-order valence-corrected chi connectivity index (χ3v) is 2.87. The van der Waals surface area contributed by atoms with Gasteiger partial charge in [-0.25, -0.2) is 9.97 Å². The van der Waals surface area contributed by atoms with Gasteiger partial charge in [-0.3, -0.25) is 4.79 Å². The van der Waals surface area contributed by atoms with Crippen molar-refractivity contribution >= 4 is 33.5 Å². The van der Waals surface area contributed by atoms with Crippen LogP contribution in [0.25, 0.3) is 0 Å². The van der Waals surface area contributed by atoms with Crippen LogP contribution in [-0.4, -0.2) is 43.1 Å². The van der Waals surface area contributed by atoms with Gasteiger partial charge >= 0.3 is 0 Å². The topological polar surface area (TPSA) is 70.2 Å². The summed E-state index contributed by atoms with van der Waals surface area (Å²) in [5, 5.41) is 5.68. The number of amides is 1. The Morgan fingerprint density at radius 2 is 2.24 bits per heavy atom. The van der Waals surface area contributed by atoms with Crippen molar-refractivity contribution in [1.29, 1.82) is 0 Å². The van der Waals surface area contributed by atoms with E-state index in [1.807, 2.05) is 6.92 Å². The Bertz CT molecular complexity index is 398. The molecule has 1 aromatic rings. The van der Waals surface area contributed by atoms with Gasteiger partial charge in [0.1, 0.15) is 22.4 Å². The molecule has 17 heavy (non-hydrogen) atoms. The summed E-state index contributed by atoms with van der Waals surface area (Å²) in [7, 11) is 3.41. The highest BCUT2D eigenvalue weighted by atomic mass is 79.9. The van der Waals surface area contributed by atoms with Crippen LogP contribution in [0.15, 0.2) is 10.8 Å². The van der Waals surface area contributed by atoms with Crippen LogP contribution in [0.1, 0.15) is 6.92 Å². The molecule has 0 radical (unpaired) electrons. The van der Waals surface area contributed by atoms with E-state index in [9.17, 15) is 4.79 Å². The maximum Gasteiger partial charge on any atom is 0.239 e. The molecular weight excluding hydrogens is 286 g/mol. The Hall–Kier alpha value is -1.37.